The lowest BCUT2D eigenvalue weighted by Gasteiger charge is -2.40. The number of ether oxygens (including phenoxy) is 1. The van der Waals surface area contributed by atoms with Gasteiger partial charge in [0.1, 0.15) is 0 Å². The Bertz CT molecular complexity index is 404. The SMILES string of the molecule is NCC1(Cc2ccc3c(c2)CCCC3)COC1. The molecule has 0 bridgehead atoms. The molecule has 1 aliphatic carbocycles. The molecule has 2 nitrogen and oxygen atoms in total. The summed E-state index contributed by atoms with van der Waals surface area (Å²) in [6.45, 7) is 2.41. The van der Waals surface area contributed by atoms with Crippen LogP contribution in [0, 0.1) is 5.41 Å². The van der Waals surface area contributed by atoms with Crippen LogP contribution in [0.1, 0.15) is 29.5 Å². The molecular weight excluding hydrogens is 210 g/mol. The molecule has 2 aliphatic rings. The van der Waals surface area contributed by atoms with Crippen LogP contribution in [-0.4, -0.2) is 19.8 Å². The molecule has 0 atom stereocenters. The highest BCUT2D eigenvalue weighted by Crippen LogP contribution is 2.32. The molecule has 1 fully saturated rings. The molecule has 2 N–H and O–H groups in total. The Morgan fingerprint density at radius 2 is 1.88 bits per heavy atom. The van der Waals surface area contributed by atoms with Crippen molar-refractivity contribution in [2.75, 3.05) is 19.8 Å². The normalized spacial score (nSPS) is 21.7. The summed E-state index contributed by atoms with van der Waals surface area (Å²) in [5.41, 5.74) is 10.7. The Morgan fingerprint density at radius 1 is 1.12 bits per heavy atom. The van der Waals surface area contributed by atoms with E-state index in [1.807, 2.05) is 0 Å². The van der Waals surface area contributed by atoms with E-state index in [2.05, 4.69) is 18.2 Å². The lowest BCUT2D eigenvalue weighted by molar-refractivity contribution is -0.106. The van der Waals surface area contributed by atoms with E-state index in [0.29, 0.717) is 0 Å². The fourth-order valence-electron chi connectivity index (χ4n) is 3.01. The Hall–Kier alpha value is -0.860. The van der Waals surface area contributed by atoms with Gasteiger partial charge in [-0.3, -0.25) is 0 Å². The number of aryl methyl sites for hydroxylation is 2. The summed E-state index contributed by atoms with van der Waals surface area (Å²) < 4.78 is 5.33. The zero-order valence-corrected chi connectivity index (χ0v) is 10.4. The maximum Gasteiger partial charge on any atom is 0.0560 e. The quantitative estimate of drug-likeness (QED) is 0.864. The Balaban J connectivity index is 1.79. The fourth-order valence-corrected chi connectivity index (χ4v) is 3.01. The van der Waals surface area contributed by atoms with Gasteiger partial charge in [0.05, 0.1) is 13.2 Å². The van der Waals surface area contributed by atoms with Crippen LogP contribution in [0.25, 0.3) is 0 Å². The first-order valence-corrected chi connectivity index (χ1v) is 6.70. The molecule has 1 aliphatic heterocycles. The van der Waals surface area contributed by atoms with Crippen molar-refractivity contribution in [3.63, 3.8) is 0 Å². The highest BCUT2D eigenvalue weighted by molar-refractivity contribution is 5.34. The Morgan fingerprint density at radius 3 is 2.53 bits per heavy atom. The predicted molar refractivity (Wildman–Crippen MR) is 69.1 cm³/mol. The standard InChI is InChI=1S/C15H21NO/c16-9-15(10-17-11-15)8-12-5-6-13-3-1-2-4-14(13)7-12/h5-7H,1-4,8-11,16H2. The minimum Gasteiger partial charge on any atom is -0.380 e. The van der Waals surface area contributed by atoms with E-state index < -0.39 is 0 Å². The third kappa shape index (κ3) is 2.12. The molecule has 0 saturated carbocycles. The van der Waals surface area contributed by atoms with Gasteiger partial charge in [0.25, 0.3) is 0 Å². The molecule has 0 aromatic heterocycles. The van der Waals surface area contributed by atoms with Gasteiger partial charge in [-0.05, 0) is 48.8 Å². The number of fused-ring (bicyclic) bond motifs is 1. The summed E-state index contributed by atoms with van der Waals surface area (Å²) in [4.78, 5) is 0. The highest BCUT2D eigenvalue weighted by atomic mass is 16.5. The molecule has 0 unspecified atom stereocenters. The van der Waals surface area contributed by atoms with E-state index in [0.717, 1.165) is 26.2 Å². The number of hydrogen-bond acceptors (Lipinski definition) is 2. The van der Waals surface area contributed by atoms with E-state index >= 15 is 0 Å². The minimum absolute atomic E-state index is 0.225. The summed E-state index contributed by atoms with van der Waals surface area (Å²) in [7, 11) is 0. The molecule has 0 radical (unpaired) electrons. The average Bonchev–Trinajstić information content (AvgIpc) is 2.34. The van der Waals surface area contributed by atoms with Crippen molar-refractivity contribution in [3.8, 4) is 0 Å². The van der Waals surface area contributed by atoms with Gasteiger partial charge in [0.15, 0.2) is 0 Å². The highest BCUT2D eigenvalue weighted by Gasteiger charge is 2.37. The molecule has 2 heteroatoms. The molecule has 0 spiro atoms. The molecule has 0 amide bonds. The second-order valence-electron chi connectivity index (χ2n) is 5.68. The van der Waals surface area contributed by atoms with E-state index in [9.17, 15) is 0 Å². The predicted octanol–water partition coefficient (Wildman–Crippen LogP) is 2.08. The first kappa shape index (κ1) is 11.2. The third-order valence-corrected chi connectivity index (χ3v) is 4.24. The molecule has 92 valence electrons. The summed E-state index contributed by atoms with van der Waals surface area (Å²) in [6.07, 6.45) is 6.31. The van der Waals surface area contributed by atoms with Crippen molar-refractivity contribution >= 4 is 0 Å². The van der Waals surface area contributed by atoms with Crippen LogP contribution in [0.5, 0.6) is 0 Å². The summed E-state index contributed by atoms with van der Waals surface area (Å²) in [6, 6.07) is 7.03. The largest absolute Gasteiger partial charge is 0.380 e. The van der Waals surface area contributed by atoms with Crippen molar-refractivity contribution in [1.29, 1.82) is 0 Å². The Kier molecular flexibility index (Phi) is 2.93. The number of hydrogen-bond donors (Lipinski definition) is 1. The molecule has 1 aromatic rings. The van der Waals surface area contributed by atoms with Crippen molar-refractivity contribution in [2.45, 2.75) is 32.1 Å². The smallest absolute Gasteiger partial charge is 0.0560 e. The lowest BCUT2D eigenvalue weighted by atomic mass is 9.79. The van der Waals surface area contributed by atoms with Crippen molar-refractivity contribution in [2.24, 2.45) is 11.1 Å². The zero-order chi connectivity index (χ0) is 11.7. The average molecular weight is 231 g/mol. The van der Waals surface area contributed by atoms with Crippen LogP contribution in [0.15, 0.2) is 18.2 Å². The van der Waals surface area contributed by atoms with Gasteiger partial charge < -0.3 is 10.5 Å². The maximum absolute atomic E-state index is 5.87. The number of benzene rings is 1. The van der Waals surface area contributed by atoms with Crippen LogP contribution >= 0.6 is 0 Å². The van der Waals surface area contributed by atoms with Crippen LogP contribution in [0.3, 0.4) is 0 Å². The van der Waals surface area contributed by atoms with Gasteiger partial charge in [-0.2, -0.15) is 0 Å². The van der Waals surface area contributed by atoms with E-state index in [-0.39, 0.29) is 5.41 Å². The van der Waals surface area contributed by atoms with E-state index in [1.165, 1.54) is 31.2 Å². The van der Waals surface area contributed by atoms with Crippen LogP contribution in [-0.2, 0) is 24.0 Å². The van der Waals surface area contributed by atoms with Gasteiger partial charge in [0, 0.05) is 12.0 Å². The fraction of sp³-hybridized carbons (Fsp3) is 0.600. The molecule has 1 heterocycles. The molecule has 1 aromatic carbocycles. The van der Waals surface area contributed by atoms with Crippen LogP contribution < -0.4 is 5.73 Å². The van der Waals surface area contributed by atoms with Crippen molar-refractivity contribution in [3.05, 3.63) is 34.9 Å². The first-order chi connectivity index (χ1) is 8.31. The maximum atomic E-state index is 5.87. The molecular formula is C15H21NO. The van der Waals surface area contributed by atoms with Gasteiger partial charge in [-0.1, -0.05) is 18.2 Å². The first-order valence-electron chi connectivity index (χ1n) is 6.70. The number of nitrogens with two attached hydrogens (primary N) is 1. The summed E-state index contributed by atoms with van der Waals surface area (Å²) in [5, 5.41) is 0. The summed E-state index contributed by atoms with van der Waals surface area (Å²) in [5.74, 6) is 0. The third-order valence-electron chi connectivity index (χ3n) is 4.24. The minimum atomic E-state index is 0.225. The summed E-state index contributed by atoms with van der Waals surface area (Å²) >= 11 is 0. The molecule has 17 heavy (non-hydrogen) atoms. The van der Waals surface area contributed by atoms with Gasteiger partial charge >= 0.3 is 0 Å². The van der Waals surface area contributed by atoms with Gasteiger partial charge in [0.2, 0.25) is 0 Å². The van der Waals surface area contributed by atoms with Crippen LogP contribution in [0.4, 0.5) is 0 Å². The molecule has 3 rings (SSSR count). The molecule has 1 saturated heterocycles. The second kappa shape index (κ2) is 4.43. The van der Waals surface area contributed by atoms with Crippen molar-refractivity contribution < 1.29 is 4.74 Å². The zero-order valence-electron chi connectivity index (χ0n) is 10.4. The van der Waals surface area contributed by atoms with Gasteiger partial charge in [-0.15, -0.1) is 0 Å². The lowest BCUT2D eigenvalue weighted by Crippen LogP contribution is -2.49. The monoisotopic (exact) mass is 231 g/mol. The Labute approximate surface area is 103 Å². The number of rotatable bonds is 3. The van der Waals surface area contributed by atoms with E-state index in [1.54, 1.807) is 11.1 Å². The second-order valence-corrected chi connectivity index (χ2v) is 5.68. The van der Waals surface area contributed by atoms with Crippen molar-refractivity contribution in [1.82, 2.24) is 0 Å². The van der Waals surface area contributed by atoms with E-state index in [4.69, 9.17) is 10.5 Å². The van der Waals surface area contributed by atoms with Gasteiger partial charge in [-0.25, -0.2) is 0 Å². The topological polar surface area (TPSA) is 35.2 Å². The van der Waals surface area contributed by atoms with Crippen LogP contribution in [0.2, 0.25) is 0 Å².